The molecule has 2 atom stereocenters. The van der Waals surface area contributed by atoms with Crippen molar-refractivity contribution in [3.8, 4) is 5.75 Å². The fraction of sp³-hybridized carbons (Fsp3) is 0.419. The fourth-order valence-electron chi connectivity index (χ4n) is 4.51. The summed E-state index contributed by atoms with van der Waals surface area (Å²) < 4.78 is 18.1. The molecule has 0 saturated carbocycles. The Hall–Kier alpha value is -2.66. The summed E-state index contributed by atoms with van der Waals surface area (Å²) in [6.45, 7) is 9.01. The van der Waals surface area contributed by atoms with Crippen molar-refractivity contribution in [2.24, 2.45) is 0 Å². The summed E-state index contributed by atoms with van der Waals surface area (Å²) >= 11 is 0. The van der Waals surface area contributed by atoms with E-state index >= 15 is 0 Å². The number of rotatable bonds is 12. The molecular formula is C31H39NO3. The van der Waals surface area contributed by atoms with Crippen LogP contribution in [0.5, 0.6) is 5.75 Å². The van der Waals surface area contributed by atoms with Crippen molar-refractivity contribution in [2.45, 2.75) is 57.8 Å². The van der Waals surface area contributed by atoms with Crippen molar-refractivity contribution in [1.82, 2.24) is 5.32 Å². The Kier molecular flexibility index (Phi) is 9.76. The largest absolute Gasteiger partial charge is 0.494 e. The van der Waals surface area contributed by atoms with Gasteiger partial charge in [0.25, 0.3) is 0 Å². The summed E-state index contributed by atoms with van der Waals surface area (Å²) in [7, 11) is 0. The SMILES string of the molecule is CC(C)c1ccc(COC2CNCCC2c2ccc(OCCCOCc3ccccc3)cc2)cc1. The van der Waals surface area contributed by atoms with Crippen molar-refractivity contribution < 1.29 is 14.2 Å². The maximum atomic E-state index is 6.39. The van der Waals surface area contributed by atoms with Gasteiger partial charge in [0.05, 0.1) is 32.5 Å². The van der Waals surface area contributed by atoms with Gasteiger partial charge in [0.15, 0.2) is 0 Å². The lowest BCUT2D eigenvalue weighted by atomic mass is 9.87. The van der Waals surface area contributed by atoms with Gasteiger partial charge in [0, 0.05) is 18.9 Å². The Morgan fingerprint density at radius 1 is 0.829 bits per heavy atom. The highest BCUT2D eigenvalue weighted by atomic mass is 16.5. The third-order valence-electron chi connectivity index (χ3n) is 6.66. The van der Waals surface area contributed by atoms with E-state index in [2.05, 4.69) is 79.8 Å². The minimum atomic E-state index is 0.169. The van der Waals surface area contributed by atoms with Gasteiger partial charge in [-0.25, -0.2) is 0 Å². The number of hydrogen-bond acceptors (Lipinski definition) is 4. The van der Waals surface area contributed by atoms with Crippen molar-refractivity contribution in [3.63, 3.8) is 0 Å². The Morgan fingerprint density at radius 3 is 2.31 bits per heavy atom. The zero-order valence-corrected chi connectivity index (χ0v) is 21.1. The van der Waals surface area contributed by atoms with Gasteiger partial charge < -0.3 is 19.5 Å². The first kappa shape index (κ1) is 25.4. The van der Waals surface area contributed by atoms with E-state index in [4.69, 9.17) is 14.2 Å². The third kappa shape index (κ3) is 7.93. The van der Waals surface area contributed by atoms with Crippen LogP contribution < -0.4 is 10.1 Å². The molecular weight excluding hydrogens is 434 g/mol. The molecule has 0 aliphatic carbocycles. The minimum Gasteiger partial charge on any atom is -0.494 e. The summed E-state index contributed by atoms with van der Waals surface area (Å²) in [6.07, 6.45) is 2.12. The Bertz CT molecular complexity index is 986. The molecule has 0 radical (unpaired) electrons. The molecule has 0 spiro atoms. The van der Waals surface area contributed by atoms with Gasteiger partial charge >= 0.3 is 0 Å². The Morgan fingerprint density at radius 2 is 1.57 bits per heavy atom. The summed E-state index contributed by atoms with van der Waals surface area (Å²) in [5.74, 6) is 1.86. The molecule has 2 unspecified atom stereocenters. The molecule has 3 aromatic carbocycles. The maximum absolute atomic E-state index is 6.39. The standard InChI is InChI=1S/C31H39NO3/c1-24(2)27-11-9-26(10-12-27)23-35-31-21-32-18-17-30(31)28-13-15-29(16-14-28)34-20-6-19-33-22-25-7-4-3-5-8-25/h3-5,7-16,24,30-32H,6,17-23H2,1-2H3. The zero-order valence-electron chi connectivity index (χ0n) is 21.1. The minimum absolute atomic E-state index is 0.169. The maximum Gasteiger partial charge on any atom is 0.119 e. The highest BCUT2D eigenvalue weighted by molar-refractivity contribution is 5.31. The lowest BCUT2D eigenvalue weighted by molar-refractivity contribution is 0.0106. The van der Waals surface area contributed by atoms with Gasteiger partial charge in [-0.3, -0.25) is 0 Å². The van der Waals surface area contributed by atoms with Crippen LogP contribution in [0.2, 0.25) is 0 Å². The lowest BCUT2D eigenvalue weighted by Crippen LogP contribution is -2.40. The van der Waals surface area contributed by atoms with E-state index in [-0.39, 0.29) is 6.10 Å². The van der Waals surface area contributed by atoms with Crippen molar-refractivity contribution in [3.05, 3.63) is 101 Å². The van der Waals surface area contributed by atoms with Crippen LogP contribution in [0.4, 0.5) is 0 Å². The van der Waals surface area contributed by atoms with Crippen LogP contribution in [-0.4, -0.2) is 32.4 Å². The van der Waals surface area contributed by atoms with Crippen LogP contribution in [0.1, 0.15) is 60.8 Å². The van der Waals surface area contributed by atoms with E-state index < -0.39 is 0 Å². The van der Waals surface area contributed by atoms with Gasteiger partial charge in [-0.1, -0.05) is 80.6 Å². The highest BCUT2D eigenvalue weighted by Gasteiger charge is 2.27. The van der Waals surface area contributed by atoms with E-state index in [9.17, 15) is 0 Å². The smallest absolute Gasteiger partial charge is 0.119 e. The predicted octanol–water partition coefficient (Wildman–Crippen LogP) is 6.46. The second-order valence-electron chi connectivity index (χ2n) is 9.65. The van der Waals surface area contributed by atoms with Crippen LogP contribution in [0.3, 0.4) is 0 Å². The van der Waals surface area contributed by atoms with E-state index in [0.29, 0.717) is 38.3 Å². The van der Waals surface area contributed by atoms with Crippen molar-refractivity contribution >= 4 is 0 Å². The first-order valence-corrected chi connectivity index (χ1v) is 12.9. The summed E-state index contributed by atoms with van der Waals surface area (Å²) in [5.41, 5.74) is 5.13. The van der Waals surface area contributed by atoms with Gasteiger partial charge in [-0.15, -0.1) is 0 Å². The predicted molar refractivity (Wildman–Crippen MR) is 142 cm³/mol. The average Bonchev–Trinajstić information content (AvgIpc) is 2.91. The topological polar surface area (TPSA) is 39.7 Å². The molecule has 4 heteroatoms. The van der Waals surface area contributed by atoms with Gasteiger partial charge in [0.1, 0.15) is 5.75 Å². The second kappa shape index (κ2) is 13.4. The molecule has 1 heterocycles. The first-order valence-electron chi connectivity index (χ1n) is 12.9. The molecule has 1 aliphatic heterocycles. The molecule has 1 aliphatic rings. The average molecular weight is 474 g/mol. The van der Waals surface area contributed by atoms with E-state index in [1.807, 2.05) is 18.2 Å². The molecule has 35 heavy (non-hydrogen) atoms. The first-order chi connectivity index (χ1) is 17.2. The van der Waals surface area contributed by atoms with Crippen molar-refractivity contribution in [2.75, 3.05) is 26.3 Å². The van der Waals surface area contributed by atoms with Gasteiger partial charge in [-0.05, 0) is 53.3 Å². The molecule has 4 rings (SSSR count). The summed E-state index contributed by atoms with van der Waals surface area (Å²) in [5, 5.41) is 3.50. The molecule has 4 nitrogen and oxygen atoms in total. The van der Waals surface area contributed by atoms with Crippen LogP contribution in [0.15, 0.2) is 78.9 Å². The van der Waals surface area contributed by atoms with Gasteiger partial charge in [-0.2, -0.15) is 0 Å². The molecule has 0 amide bonds. The van der Waals surface area contributed by atoms with Crippen LogP contribution in [-0.2, 0) is 22.7 Å². The van der Waals surface area contributed by atoms with Crippen LogP contribution in [0, 0.1) is 0 Å². The lowest BCUT2D eigenvalue weighted by Gasteiger charge is -2.32. The molecule has 186 valence electrons. The second-order valence-corrected chi connectivity index (χ2v) is 9.65. The quantitative estimate of drug-likeness (QED) is 0.307. The molecule has 1 saturated heterocycles. The molecule has 0 aromatic heterocycles. The number of benzene rings is 3. The molecule has 0 bridgehead atoms. The van der Waals surface area contributed by atoms with Gasteiger partial charge in [0.2, 0.25) is 0 Å². The van der Waals surface area contributed by atoms with E-state index in [0.717, 1.165) is 31.7 Å². The van der Waals surface area contributed by atoms with E-state index in [1.54, 1.807) is 0 Å². The summed E-state index contributed by atoms with van der Waals surface area (Å²) in [4.78, 5) is 0. The number of nitrogens with one attached hydrogen (secondary N) is 1. The summed E-state index contributed by atoms with van der Waals surface area (Å²) in [6, 6.07) is 27.7. The van der Waals surface area contributed by atoms with Crippen LogP contribution >= 0.6 is 0 Å². The fourth-order valence-corrected chi connectivity index (χ4v) is 4.51. The highest BCUT2D eigenvalue weighted by Crippen LogP contribution is 2.30. The molecule has 1 N–H and O–H groups in total. The molecule has 3 aromatic rings. The Balaban J connectivity index is 1.21. The van der Waals surface area contributed by atoms with Crippen LogP contribution in [0.25, 0.3) is 0 Å². The monoisotopic (exact) mass is 473 g/mol. The Labute approximate surface area is 210 Å². The normalized spacial score (nSPS) is 18.0. The number of ether oxygens (including phenoxy) is 3. The molecule has 1 fully saturated rings. The van der Waals surface area contributed by atoms with E-state index in [1.165, 1.54) is 22.3 Å². The zero-order chi connectivity index (χ0) is 24.3. The number of hydrogen-bond donors (Lipinski definition) is 1. The third-order valence-corrected chi connectivity index (χ3v) is 6.66. The van der Waals surface area contributed by atoms with Crippen molar-refractivity contribution in [1.29, 1.82) is 0 Å². The number of piperidine rings is 1.